The van der Waals surface area contributed by atoms with Gasteiger partial charge in [0.1, 0.15) is 45.3 Å². The summed E-state index contributed by atoms with van der Waals surface area (Å²) in [5.41, 5.74) is 14.0. The zero-order valence-corrected chi connectivity index (χ0v) is 49.7. The van der Waals surface area contributed by atoms with Gasteiger partial charge < -0.3 is 37.9 Å². The standard InChI is InChI=1S/C70H68O12.C2H6/c1-9-37-79-61-41-53(29-33-57(61)67(71)75-5)45-13-21-49(22-14-45)65(50-23-15-46(16-24-50)54-30-34-58(68(72)76-6)62(42-54)80-38-10-2)66(51-25-17-47(18-26-51)55-31-35-59(69(73)77-7)63(43-55)81-39-11-3)52-27-19-48(20-28-52)56-32-36-60(70(74)78-8)64(44-56)82-40-12-4;1-2/h13-36,41-44H,9-12,37-40H2,1-8H3;1-2H3. The van der Waals surface area contributed by atoms with E-state index in [0.29, 0.717) is 71.7 Å². The van der Waals surface area contributed by atoms with Gasteiger partial charge in [-0.2, -0.15) is 0 Å². The highest BCUT2D eigenvalue weighted by atomic mass is 16.5. The van der Waals surface area contributed by atoms with Crippen molar-refractivity contribution < 1.29 is 57.1 Å². The highest BCUT2D eigenvalue weighted by molar-refractivity contribution is 6.05. The first kappa shape index (κ1) is 62.2. The Morgan fingerprint density at radius 3 is 0.619 bits per heavy atom. The molecule has 0 bridgehead atoms. The fourth-order valence-electron chi connectivity index (χ4n) is 9.48. The molecule has 12 nitrogen and oxygen atoms in total. The van der Waals surface area contributed by atoms with Gasteiger partial charge in [0.05, 0.1) is 54.9 Å². The molecule has 0 aliphatic heterocycles. The van der Waals surface area contributed by atoms with E-state index in [1.807, 2.05) is 90.1 Å². The van der Waals surface area contributed by atoms with Gasteiger partial charge in [-0.15, -0.1) is 0 Å². The fourth-order valence-corrected chi connectivity index (χ4v) is 9.48. The van der Waals surface area contributed by atoms with E-state index in [9.17, 15) is 19.2 Å². The molecule has 0 aliphatic rings. The minimum Gasteiger partial charge on any atom is -0.493 e. The third-order valence-electron chi connectivity index (χ3n) is 13.7. The lowest BCUT2D eigenvalue weighted by molar-refractivity contribution is 0.0586. The molecule has 0 saturated heterocycles. The molecule has 0 aromatic heterocycles. The molecule has 8 aromatic carbocycles. The smallest absolute Gasteiger partial charge is 0.341 e. The van der Waals surface area contributed by atoms with Crippen molar-refractivity contribution in [2.45, 2.75) is 67.2 Å². The Bertz CT molecular complexity index is 3090. The second-order valence-electron chi connectivity index (χ2n) is 19.3. The van der Waals surface area contributed by atoms with Crippen LogP contribution < -0.4 is 18.9 Å². The van der Waals surface area contributed by atoms with Gasteiger partial charge in [0, 0.05) is 0 Å². The van der Waals surface area contributed by atoms with Gasteiger partial charge in [-0.1, -0.05) is 163 Å². The van der Waals surface area contributed by atoms with Crippen LogP contribution in [0.25, 0.3) is 55.7 Å². The molecule has 434 valence electrons. The predicted molar refractivity (Wildman–Crippen MR) is 332 cm³/mol. The van der Waals surface area contributed by atoms with E-state index in [4.69, 9.17) is 37.9 Å². The highest BCUT2D eigenvalue weighted by Gasteiger charge is 2.22. The minimum atomic E-state index is -0.477. The molecule has 0 atom stereocenters. The van der Waals surface area contributed by atoms with Crippen molar-refractivity contribution in [1.82, 2.24) is 0 Å². The minimum absolute atomic E-state index is 0.350. The molecule has 84 heavy (non-hydrogen) atoms. The summed E-state index contributed by atoms with van der Waals surface area (Å²) in [6.07, 6.45) is 3.05. The summed E-state index contributed by atoms with van der Waals surface area (Å²) in [5.74, 6) is -0.120. The van der Waals surface area contributed by atoms with Crippen LogP contribution in [-0.4, -0.2) is 78.7 Å². The van der Waals surface area contributed by atoms with Gasteiger partial charge in [-0.05, 0) is 152 Å². The number of carbonyl (C=O) groups excluding carboxylic acids is 4. The van der Waals surface area contributed by atoms with Crippen molar-refractivity contribution in [3.63, 3.8) is 0 Å². The Morgan fingerprint density at radius 1 is 0.274 bits per heavy atom. The maximum atomic E-state index is 12.8. The average molecular weight is 1130 g/mol. The maximum Gasteiger partial charge on any atom is 0.341 e. The van der Waals surface area contributed by atoms with Gasteiger partial charge in [-0.3, -0.25) is 0 Å². The van der Waals surface area contributed by atoms with E-state index < -0.39 is 23.9 Å². The molecular formula is C72H74O12. The first-order chi connectivity index (χ1) is 41.0. The number of ether oxygens (including phenoxy) is 8. The second kappa shape index (κ2) is 30.6. The summed E-state index contributed by atoms with van der Waals surface area (Å²) in [7, 11) is 5.42. The van der Waals surface area contributed by atoms with Crippen LogP contribution in [0.15, 0.2) is 170 Å². The van der Waals surface area contributed by atoms with Crippen LogP contribution in [0, 0.1) is 0 Å². The van der Waals surface area contributed by atoms with Crippen LogP contribution in [-0.2, 0) is 18.9 Å². The molecule has 0 spiro atoms. The zero-order chi connectivity index (χ0) is 60.1. The summed E-state index contributed by atoms with van der Waals surface area (Å²) < 4.78 is 44.7. The molecule has 0 aliphatic carbocycles. The van der Waals surface area contributed by atoms with Crippen molar-refractivity contribution in [2.24, 2.45) is 0 Å². The zero-order valence-electron chi connectivity index (χ0n) is 49.7. The van der Waals surface area contributed by atoms with Crippen LogP contribution in [0.3, 0.4) is 0 Å². The molecule has 0 radical (unpaired) electrons. The Morgan fingerprint density at radius 2 is 0.452 bits per heavy atom. The number of hydrogen-bond donors (Lipinski definition) is 0. The van der Waals surface area contributed by atoms with Crippen LogP contribution in [0.2, 0.25) is 0 Å². The molecule has 0 N–H and O–H groups in total. The maximum absolute atomic E-state index is 12.8. The predicted octanol–water partition coefficient (Wildman–Crippen LogP) is 16.7. The molecule has 0 fully saturated rings. The lowest BCUT2D eigenvalue weighted by Gasteiger charge is -2.20. The summed E-state index contributed by atoms with van der Waals surface area (Å²) in [4.78, 5) is 51.2. The van der Waals surface area contributed by atoms with Crippen LogP contribution >= 0.6 is 0 Å². The lowest BCUT2D eigenvalue weighted by atomic mass is 9.84. The first-order valence-electron chi connectivity index (χ1n) is 28.6. The largest absolute Gasteiger partial charge is 0.493 e. The number of hydrogen-bond acceptors (Lipinski definition) is 12. The van der Waals surface area contributed by atoms with Crippen LogP contribution in [0.5, 0.6) is 23.0 Å². The van der Waals surface area contributed by atoms with Crippen LogP contribution in [0.4, 0.5) is 0 Å². The SMILES string of the molecule is CC.CCCOc1cc(-c2ccc(C(=C(c3ccc(-c4ccc(C(=O)OC)c(OCCC)c4)cc3)c3ccc(-c4ccc(C(=O)OC)c(OCCC)c4)cc3)c3ccc(-c4ccc(C(=O)OC)c(OCCC)c4)cc3)cc2)ccc1C(=O)OC. The number of rotatable bonds is 24. The van der Waals surface area contributed by atoms with Gasteiger partial charge in [0.2, 0.25) is 0 Å². The molecule has 0 saturated carbocycles. The fraction of sp³-hybridized carbons (Fsp3) is 0.250. The van der Waals surface area contributed by atoms with E-state index >= 15 is 0 Å². The number of esters is 4. The quantitative estimate of drug-likeness (QED) is 0.0323. The molecule has 0 unspecified atom stereocenters. The Kier molecular flexibility index (Phi) is 22.6. The first-order valence-corrected chi connectivity index (χ1v) is 28.6. The van der Waals surface area contributed by atoms with Gasteiger partial charge in [0.15, 0.2) is 0 Å². The Labute approximate surface area is 493 Å². The van der Waals surface area contributed by atoms with E-state index in [-0.39, 0.29) is 0 Å². The molecule has 0 amide bonds. The summed E-state index contributed by atoms with van der Waals surface area (Å²) in [5, 5.41) is 0. The summed E-state index contributed by atoms with van der Waals surface area (Å²) in [6, 6.07) is 55.4. The summed E-state index contributed by atoms with van der Waals surface area (Å²) >= 11 is 0. The number of carbonyl (C=O) groups is 4. The van der Waals surface area contributed by atoms with Crippen molar-refractivity contribution in [3.8, 4) is 67.5 Å². The molecule has 12 heteroatoms. The second-order valence-corrected chi connectivity index (χ2v) is 19.3. The normalized spacial score (nSPS) is 10.6. The number of methoxy groups -OCH3 is 4. The van der Waals surface area contributed by atoms with Gasteiger partial charge in [0.25, 0.3) is 0 Å². The Balaban J connectivity index is 0.00000501. The molecule has 0 heterocycles. The van der Waals surface area contributed by atoms with Crippen molar-refractivity contribution >= 4 is 35.0 Å². The molecule has 8 rings (SSSR count). The third kappa shape index (κ3) is 14.8. The number of benzene rings is 8. The van der Waals surface area contributed by atoms with E-state index in [0.717, 1.165) is 104 Å². The highest BCUT2D eigenvalue weighted by Crippen LogP contribution is 2.41. The summed E-state index contributed by atoms with van der Waals surface area (Å²) in [6.45, 7) is 13.8. The van der Waals surface area contributed by atoms with Gasteiger partial charge >= 0.3 is 23.9 Å². The third-order valence-corrected chi connectivity index (χ3v) is 13.7. The van der Waals surface area contributed by atoms with Gasteiger partial charge in [-0.25, -0.2) is 19.2 Å². The van der Waals surface area contributed by atoms with Crippen molar-refractivity contribution in [1.29, 1.82) is 0 Å². The lowest BCUT2D eigenvalue weighted by Crippen LogP contribution is -2.06. The topological polar surface area (TPSA) is 142 Å². The van der Waals surface area contributed by atoms with Crippen LogP contribution in [0.1, 0.15) is 131 Å². The van der Waals surface area contributed by atoms with Crippen molar-refractivity contribution in [3.05, 3.63) is 214 Å². The molecular weight excluding hydrogens is 1060 g/mol. The molecule has 8 aromatic rings. The Hall–Kier alpha value is -9.42. The van der Waals surface area contributed by atoms with Crippen molar-refractivity contribution in [2.75, 3.05) is 54.9 Å². The monoisotopic (exact) mass is 1130 g/mol. The average Bonchev–Trinajstić information content (AvgIpc) is 3.63. The van der Waals surface area contributed by atoms with E-state index in [1.165, 1.54) is 28.4 Å². The van der Waals surface area contributed by atoms with E-state index in [1.54, 1.807) is 24.3 Å². The van der Waals surface area contributed by atoms with E-state index in [2.05, 4.69) is 97.1 Å².